The van der Waals surface area contributed by atoms with E-state index in [-0.39, 0.29) is 24.7 Å². The molecule has 0 atom stereocenters. The van der Waals surface area contributed by atoms with Gasteiger partial charge >= 0.3 is 0 Å². The maximum Gasteiger partial charge on any atom is 0.262 e. The molecule has 0 radical (unpaired) electrons. The zero-order valence-corrected chi connectivity index (χ0v) is 14.6. The molecular weight excluding hydrogens is 373 g/mol. The highest BCUT2D eigenvalue weighted by molar-refractivity contribution is 9.10. The van der Waals surface area contributed by atoms with E-state index in [0.717, 1.165) is 10.0 Å². The maximum absolute atomic E-state index is 14.4. The Kier molecular flexibility index (Phi) is 3.23. The van der Waals surface area contributed by atoms with Gasteiger partial charge in [0, 0.05) is 17.3 Å². The predicted octanol–water partition coefficient (Wildman–Crippen LogP) is 4.46. The number of imide groups is 1. The van der Waals surface area contributed by atoms with Gasteiger partial charge in [-0.15, -0.1) is 0 Å². The van der Waals surface area contributed by atoms with Crippen molar-refractivity contribution in [1.29, 1.82) is 0 Å². The number of nitrogens with zero attached hydrogens (tertiary/aromatic N) is 1. The molecule has 0 spiro atoms. The van der Waals surface area contributed by atoms with Crippen LogP contribution >= 0.6 is 15.9 Å². The molecular formula is C19H15BrFNO2. The quantitative estimate of drug-likeness (QED) is 0.713. The molecule has 2 amide bonds. The SMILES string of the molecule is C[C@]1(F)C[C@](c2ccc(Br)cc2)(N2C(=O)c3ccccc3C2=O)C1. The zero-order chi connectivity index (χ0) is 17.1. The standard InChI is InChI=1S/C19H15BrFNO2/c1-18(21)10-19(11-18,12-6-8-13(20)9-7-12)22-16(23)14-4-2-3-5-15(14)17(22)24/h2-9H,10-11H2,1H3/t18-,19-. The van der Waals surface area contributed by atoms with E-state index in [4.69, 9.17) is 0 Å². The third-order valence-electron chi connectivity index (χ3n) is 4.93. The number of hydrogen-bond donors (Lipinski definition) is 0. The summed E-state index contributed by atoms with van der Waals surface area (Å²) in [5, 5.41) is 0. The minimum Gasteiger partial charge on any atom is -0.269 e. The molecule has 24 heavy (non-hydrogen) atoms. The average molecular weight is 388 g/mol. The fraction of sp³-hybridized carbons (Fsp3) is 0.263. The van der Waals surface area contributed by atoms with Crippen LogP contribution in [0.15, 0.2) is 53.0 Å². The largest absolute Gasteiger partial charge is 0.269 e. The summed E-state index contributed by atoms with van der Waals surface area (Å²) in [4.78, 5) is 27.0. The van der Waals surface area contributed by atoms with Gasteiger partial charge in [-0.3, -0.25) is 14.5 Å². The molecule has 1 saturated carbocycles. The lowest BCUT2D eigenvalue weighted by molar-refractivity contribution is -0.0684. The monoisotopic (exact) mass is 387 g/mol. The van der Waals surface area contributed by atoms with Crippen LogP contribution < -0.4 is 0 Å². The Labute approximate surface area is 147 Å². The normalized spacial score (nSPS) is 28.7. The lowest BCUT2D eigenvalue weighted by Crippen LogP contribution is -2.62. The Morgan fingerprint density at radius 3 is 1.92 bits per heavy atom. The van der Waals surface area contributed by atoms with Gasteiger partial charge in [0.25, 0.3) is 11.8 Å². The number of fused-ring (bicyclic) bond motifs is 1. The van der Waals surface area contributed by atoms with Gasteiger partial charge in [0.1, 0.15) is 5.67 Å². The molecule has 0 saturated heterocycles. The summed E-state index contributed by atoms with van der Waals surface area (Å²) in [5.74, 6) is -0.678. The van der Waals surface area contributed by atoms with Crippen LogP contribution in [-0.4, -0.2) is 22.4 Å². The Morgan fingerprint density at radius 2 is 1.46 bits per heavy atom. The molecule has 2 aliphatic rings. The number of amides is 2. The van der Waals surface area contributed by atoms with Crippen LogP contribution in [0.2, 0.25) is 0 Å². The molecule has 5 heteroatoms. The first-order valence-electron chi connectivity index (χ1n) is 7.77. The third-order valence-corrected chi connectivity index (χ3v) is 5.45. The molecule has 122 valence electrons. The molecule has 4 rings (SSSR count). The van der Waals surface area contributed by atoms with Gasteiger partial charge in [-0.1, -0.05) is 40.2 Å². The van der Waals surface area contributed by atoms with E-state index < -0.39 is 11.2 Å². The molecule has 1 aliphatic heterocycles. The molecule has 1 aliphatic carbocycles. The molecule has 1 fully saturated rings. The second kappa shape index (κ2) is 4.99. The van der Waals surface area contributed by atoms with Crippen LogP contribution in [0.4, 0.5) is 4.39 Å². The highest BCUT2D eigenvalue weighted by Crippen LogP contribution is 2.56. The Hall–Kier alpha value is -2.01. The number of halogens is 2. The third kappa shape index (κ3) is 2.07. The van der Waals surface area contributed by atoms with Crippen molar-refractivity contribution >= 4 is 27.7 Å². The summed E-state index contributed by atoms with van der Waals surface area (Å²) in [5.41, 5.74) is -0.729. The summed E-state index contributed by atoms with van der Waals surface area (Å²) in [7, 11) is 0. The molecule has 2 aromatic rings. The van der Waals surface area contributed by atoms with Crippen LogP contribution in [0, 0.1) is 0 Å². The first kappa shape index (κ1) is 15.5. The number of carbonyl (C=O) groups is 2. The lowest BCUT2D eigenvalue weighted by Gasteiger charge is -2.54. The Balaban J connectivity index is 1.84. The van der Waals surface area contributed by atoms with Gasteiger partial charge < -0.3 is 0 Å². The van der Waals surface area contributed by atoms with Crippen LogP contribution in [0.5, 0.6) is 0 Å². The van der Waals surface area contributed by atoms with E-state index in [1.807, 2.05) is 24.3 Å². The second-order valence-electron chi connectivity index (χ2n) is 6.80. The first-order chi connectivity index (χ1) is 11.3. The van der Waals surface area contributed by atoms with Gasteiger partial charge in [-0.25, -0.2) is 4.39 Å². The summed E-state index contributed by atoms with van der Waals surface area (Å²) >= 11 is 3.38. The number of benzene rings is 2. The van der Waals surface area contributed by atoms with Gasteiger partial charge in [0.15, 0.2) is 0 Å². The molecule has 2 aromatic carbocycles. The summed E-state index contributed by atoms with van der Waals surface area (Å²) in [6.07, 6.45) is 0.236. The summed E-state index contributed by atoms with van der Waals surface area (Å²) in [6, 6.07) is 14.2. The lowest BCUT2D eigenvalue weighted by atomic mass is 9.62. The van der Waals surface area contributed by atoms with Crippen LogP contribution in [0.3, 0.4) is 0 Å². The van der Waals surface area contributed by atoms with Crippen LogP contribution in [-0.2, 0) is 5.54 Å². The van der Waals surface area contributed by atoms with E-state index in [2.05, 4.69) is 15.9 Å². The van der Waals surface area contributed by atoms with E-state index >= 15 is 0 Å². The topological polar surface area (TPSA) is 37.4 Å². The van der Waals surface area contributed by atoms with E-state index in [1.54, 1.807) is 24.3 Å². The van der Waals surface area contributed by atoms with E-state index in [0.29, 0.717) is 11.1 Å². The van der Waals surface area contributed by atoms with Crippen LogP contribution in [0.1, 0.15) is 46.0 Å². The van der Waals surface area contributed by atoms with Crippen molar-refractivity contribution < 1.29 is 14.0 Å². The summed E-state index contributed by atoms with van der Waals surface area (Å²) < 4.78 is 15.3. The van der Waals surface area contributed by atoms with Gasteiger partial charge in [0.05, 0.1) is 16.7 Å². The molecule has 0 unspecified atom stereocenters. The van der Waals surface area contributed by atoms with Crippen molar-refractivity contribution in [3.63, 3.8) is 0 Å². The van der Waals surface area contributed by atoms with Crippen molar-refractivity contribution in [2.45, 2.75) is 31.0 Å². The van der Waals surface area contributed by atoms with Crippen LogP contribution in [0.25, 0.3) is 0 Å². The zero-order valence-electron chi connectivity index (χ0n) is 13.1. The van der Waals surface area contributed by atoms with Crippen molar-refractivity contribution in [3.8, 4) is 0 Å². The second-order valence-corrected chi connectivity index (χ2v) is 7.71. The minimum atomic E-state index is -1.39. The number of hydrogen-bond acceptors (Lipinski definition) is 2. The Morgan fingerprint density at radius 1 is 0.958 bits per heavy atom. The average Bonchev–Trinajstić information content (AvgIpc) is 2.78. The minimum absolute atomic E-state index is 0.118. The molecule has 0 aromatic heterocycles. The highest BCUT2D eigenvalue weighted by Gasteiger charge is 2.61. The van der Waals surface area contributed by atoms with Gasteiger partial charge in [-0.05, 0) is 36.8 Å². The molecule has 3 nitrogen and oxygen atoms in total. The molecule has 1 heterocycles. The molecule has 0 N–H and O–H groups in total. The number of alkyl halides is 1. The Bertz CT molecular complexity index is 817. The van der Waals surface area contributed by atoms with Gasteiger partial charge in [0.2, 0.25) is 0 Å². The summed E-state index contributed by atoms with van der Waals surface area (Å²) in [6.45, 7) is 1.52. The molecule has 0 bridgehead atoms. The van der Waals surface area contributed by atoms with Crippen molar-refractivity contribution in [1.82, 2.24) is 4.90 Å². The van der Waals surface area contributed by atoms with Crippen molar-refractivity contribution in [3.05, 3.63) is 69.7 Å². The number of rotatable bonds is 2. The predicted molar refractivity (Wildman–Crippen MR) is 91.5 cm³/mol. The van der Waals surface area contributed by atoms with Crippen molar-refractivity contribution in [2.75, 3.05) is 0 Å². The van der Waals surface area contributed by atoms with Crippen molar-refractivity contribution in [2.24, 2.45) is 0 Å². The van der Waals surface area contributed by atoms with E-state index in [1.165, 1.54) is 11.8 Å². The number of carbonyl (C=O) groups excluding carboxylic acids is 2. The van der Waals surface area contributed by atoms with E-state index in [9.17, 15) is 14.0 Å². The fourth-order valence-electron chi connectivity index (χ4n) is 4.00. The fourth-order valence-corrected chi connectivity index (χ4v) is 4.26. The highest BCUT2D eigenvalue weighted by atomic mass is 79.9. The smallest absolute Gasteiger partial charge is 0.262 e. The maximum atomic E-state index is 14.4. The van der Waals surface area contributed by atoms with Gasteiger partial charge in [-0.2, -0.15) is 0 Å². The first-order valence-corrected chi connectivity index (χ1v) is 8.56.